The fraction of sp³-hybridized carbons (Fsp3) is 0. The standard InChI is InChI=1S/Na.2H3O4P.Zr/c;2*1-5(2,3)4;/h;2*(H3,1,2,3,4);/q+1;;;+2/p-6. The third-order valence-corrected chi connectivity index (χ3v) is 0. The first-order chi connectivity index (χ1) is 4.00. The molecule has 0 fully saturated rings. The molecule has 0 heterocycles. The van der Waals surface area contributed by atoms with Gasteiger partial charge in [0.15, 0.2) is 0 Å². The van der Waals surface area contributed by atoms with Crippen LogP contribution in [0.2, 0.25) is 0 Å². The van der Waals surface area contributed by atoms with Crippen molar-refractivity contribution in [1.82, 2.24) is 0 Å². The number of rotatable bonds is 0. The van der Waals surface area contributed by atoms with E-state index in [1.54, 1.807) is 0 Å². The monoisotopic (exact) mass is 303 g/mol. The topological polar surface area (TPSA) is 172 Å². The van der Waals surface area contributed by atoms with E-state index in [0.29, 0.717) is 0 Å². The third kappa shape index (κ3) is 337. The fourth-order valence-electron chi connectivity index (χ4n) is 0. The van der Waals surface area contributed by atoms with E-state index in [9.17, 15) is 0 Å². The van der Waals surface area contributed by atoms with E-state index in [1.165, 1.54) is 0 Å². The maximum absolute atomic E-state index is 8.55. The van der Waals surface area contributed by atoms with Crippen LogP contribution in [0.15, 0.2) is 0 Å². The molecule has 0 radical (unpaired) electrons. The first kappa shape index (κ1) is 23.7. The molecule has 0 aliphatic heterocycles. The summed E-state index contributed by atoms with van der Waals surface area (Å²) in [7, 11) is -10.8. The molecule has 12 heavy (non-hydrogen) atoms. The molecule has 0 aromatic heterocycles. The number of phosphoric acid groups is 2. The van der Waals surface area contributed by atoms with Gasteiger partial charge in [-0.15, -0.1) is 0 Å². The van der Waals surface area contributed by atoms with Crippen LogP contribution in [0.25, 0.3) is 0 Å². The summed E-state index contributed by atoms with van der Waals surface area (Å²) in [6, 6.07) is 0. The summed E-state index contributed by atoms with van der Waals surface area (Å²) in [5.74, 6) is 0. The van der Waals surface area contributed by atoms with Crippen LogP contribution in [-0.2, 0) is 35.3 Å². The van der Waals surface area contributed by atoms with E-state index < -0.39 is 15.6 Å². The number of hydrogen-bond donors (Lipinski definition) is 0. The molecule has 0 N–H and O–H groups in total. The van der Waals surface area contributed by atoms with Crippen LogP contribution in [0.4, 0.5) is 0 Å². The summed E-state index contributed by atoms with van der Waals surface area (Å²) in [5.41, 5.74) is 0. The average Bonchev–Trinajstić information content (AvgIpc) is 1.12. The minimum absolute atomic E-state index is 0. The van der Waals surface area contributed by atoms with Gasteiger partial charge in [0.05, 0.1) is 0 Å². The molecule has 0 aromatic rings. The molecule has 0 aliphatic carbocycles. The van der Waals surface area contributed by atoms with Gasteiger partial charge in [0, 0.05) is 0 Å². The van der Waals surface area contributed by atoms with Crippen LogP contribution in [0.3, 0.4) is 0 Å². The predicted octanol–water partition coefficient (Wildman–Crippen LogP) is -8.65. The van der Waals surface area contributed by atoms with Crippen molar-refractivity contribution in [2.24, 2.45) is 0 Å². The summed E-state index contributed by atoms with van der Waals surface area (Å²) < 4.78 is 17.1. The summed E-state index contributed by atoms with van der Waals surface area (Å²) in [5, 5.41) is 0. The Bertz CT molecular complexity index is 129. The molecule has 0 aliphatic rings. The second kappa shape index (κ2) is 9.65. The minimum Gasteiger partial charge on any atom is -0.822 e. The molecule has 12 heteroatoms. The van der Waals surface area contributed by atoms with Gasteiger partial charge in [-0.3, -0.25) is 0 Å². The van der Waals surface area contributed by atoms with E-state index in [-0.39, 0.29) is 55.8 Å². The van der Waals surface area contributed by atoms with Crippen LogP contribution in [0.5, 0.6) is 0 Å². The Morgan fingerprint density at radius 3 is 0.667 bits per heavy atom. The Kier molecular flexibility index (Phi) is 19.1. The summed E-state index contributed by atoms with van der Waals surface area (Å²) >= 11 is 0. The van der Waals surface area contributed by atoms with E-state index in [2.05, 4.69) is 0 Å². The largest absolute Gasteiger partial charge is 2.00 e. The maximum Gasteiger partial charge on any atom is 2.00 e. The molecule has 0 saturated heterocycles. The van der Waals surface area contributed by atoms with E-state index in [0.717, 1.165) is 0 Å². The van der Waals surface area contributed by atoms with Crippen molar-refractivity contribution < 1.29 is 94.3 Å². The first-order valence-electron chi connectivity index (χ1n) is 1.46. The summed E-state index contributed by atoms with van der Waals surface area (Å²) in [6.45, 7) is 0. The Morgan fingerprint density at radius 2 is 0.667 bits per heavy atom. The molecular formula is NaO8P2Zr-3. The molecule has 0 amide bonds. The van der Waals surface area contributed by atoms with Gasteiger partial charge in [-0.2, -0.15) is 15.6 Å². The Morgan fingerprint density at radius 1 is 0.667 bits per heavy atom. The van der Waals surface area contributed by atoms with Crippen molar-refractivity contribution in [2.45, 2.75) is 0 Å². The van der Waals surface area contributed by atoms with Gasteiger partial charge in [-0.25, -0.2) is 0 Å². The number of hydrogen-bond acceptors (Lipinski definition) is 8. The molecule has 8 nitrogen and oxygen atoms in total. The fourth-order valence-corrected chi connectivity index (χ4v) is 0. The molecule has 66 valence electrons. The van der Waals surface area contributed by atoms with Gasteiger partial charge in [-0.05, 0) is 0 Å². The maximum atomic E-state index is 8.55. The zero-order chi connectivity index (χ0) is 9.00. The smallest absolute Gasteiger partial charge is 0.822 e. The molecule has 0 aromatic carbocycles. The molecule has 0 bridgehead atoms. The van der Waals surface area contributed by atoms with Gasteiger partial charge in [-0.1, -0.05) is 0 Å². The van der Waals surface area contributed by atoms with Gasteiger partial charge >= 0.3 is 55.8 Å². The van der Waals surface area contributed by atoms with Crippen LogP contribution in [-0.4, -0.2) is 0 Å². The average molecular weight is 304 g/mol. The van der Waals surface area contributed by atoms with Gasteiger partial charge in [0.25, 0.3) is 0 Å². The molecule has 0 spiro atoms. The van der Waals surface area contributed by atoms with Crippen LogP contribution < -0.4 is 58.9 Å². The van der Waals surface area contributed by atoms with Crippen LogP contribution in [0.1, 0.15) is 0 Å². The molecule has 0 rings (SSSR count). The van der Waals surface area contributed by atoms with E-state index in [4.69, 9.17) is 38.5 Å². The molecule has 0 unspecified atom stereocenters. The van der Waals surface area contributed by atoms with Crippen LogP contribution >= 0.6 is 15.6 Å². The Balaban J connectivity index is -0.0000000457. The van der Waals surface area contributed by atoms with Crippen LogP contribution in [0, 0.1) is 0 Å². The first-order valence-corrected chi connectivity index (χ1v) is 4.38. The normalized spacial score (nSPS) is 9.83. The molecule has 0 saturated carbocycles. The second-order valence-corrected chi connectivity index (χ2v) is 2.68. The van der Waals surface area contributed by atoms with Crippen molar-refractivity contribution in [2.75, 3.05) is 0 Å². The predicted molar refractivity (Wildman–Crippen MR) is 15.2 cm³/mol. The quantitative estimate of drug-likeness (QED) is 0.313. The van der Waals surface area contributed by atoms with E-state index >= 15 is 0 Å². The van der Waals surface area contributed by atoms with Crippen molar-refractivity contribution in [3.63, 3.8) is 0 Å². The molecular weight excluding hydrogens is 304 g/mol. The van der Waals surface area contributed by atoms with Gasteiger partial charge in [0.2, 0.25) is 0 Å². The zero-order valence-electron chi connectivity index (χ0n) is 5.66. The summed E-state index contributed by atoms with van der Waals surface area (Å²) in [4.78, 5) is 51.3. The Hall–Kier alpha value is 2.10. The SMILES string of the molecule is O=P([O-])([O-])[O-].O=P([O-])([O-])[O-].[Na+].[Zr+2]. The van der Waals surface area contributed by atoms with Gasteiger partial charge in [0.1, 0.15) is 0 Å². The van der Waals surface area contributed by atoms with Crippen molar-refractivity contribution in [1.29, 1.82) is 0 Å². The van der Waals surface area contributed by atoms with E-state index in [1.807, 2.05) is 0 Å². The Labute approximate surface area is 109 Å². The third-order valence-electron chi connectivity index (χ3n) is 0. The minimum atomic E-state index is -5.39. The van der Waals surface area contributed by atoms with Crippen molar-refractivity contribution >= 4 is 15.6 Å². The van der Waals surface area contributed by atoms with Gasteiger partial charge < -0.3 is 38.5 Å². The summed E-state index contributed by atoms with van der Waals surface area (Å²) in [6.07, 6.45) is 0. The molecule has 0 atom stereocenters. The van der Waals surface area contributed by atoms with Crippen molar-refractivity contribution in [3.05, 3.63) is 0 Å². The van der Waals surface area contributed by atoms with Crippen molar-refractivity contribution in [3.8, 4) is 0 Å². The second-order valence-electron chi connectivity index (χ2n) is 0.894. The zero-order valence-corrected chi connectivity index (χ0v) is 11.9.